The molecule has 96 valence electrons. The summed E-state index contributed by atoms with van der Waals surface area (Å²) in [7, 11) is 2.48. The van der Waals surface area contributed by atoms with Crippen molar-refractivity contribution in [2.75, 3.05) is 14.2 Å². The fourth-order valence-corrected chi connectivity index (χ4v) is 1.13. The molecular formula is C10H20ClNO4. The second-order valence-corrected chi connectivity index (χ2v) is 4.13. The number of carbonyl (C=O) groups excluding carboxylic acids is 2. The predicted molar refractivity (Wildman–Crippen MR) is 62.3 cm³/mol. The van der Waals surface area contributed by atoms with Crippen molar-refractivity contribution < 1.29 is 19.1 Å². The van der Waals surface area contributed by atoms with Gasteiger partial charge in [-0.15, -0.1) is 12.4 Å². The molecule has 0 aromatic carbocycles. The summed E-state index contributed by atoms with van der Waals surface area (Å²) >= 11 is 0. The topological polar surface area (TPSA) is 78.6 Å². The van der Waals surface area contributed by atoms with Gasteiger partial charge in [-0.2, -0.15) is 0 Å². The molecule has 0 aromatic heterocycles. The second-order valence-electron chi connectivity index (χ2n) is 4.13. The Kier molecular flexibility index (Phi) is 8.20. The van der Waals surface area contributed by atoms with E-state index in [-0.39, 0.29) is 12.4 Å². The second kappa shape index (κ2) is 7.46. The number of methoxy groups -OCH3 is 2. The molecule has 0 bridgehead atoms. The highest BCUT2D eigenvalue weighted by atomic mass is 35.5. The average Bonchev–Trinajstić information content (AvgIpc) is 2.15. The maximum absolute atomic E-state index is 11.3. The number of ether oxygens (including phenoxy) is 2. The van der Waals surface area contributed by atoms with Crippen LogP contribution in [0.25, 0.3) is 0 Å². The molecule has 0 heterocycles. The van der Waals surface area contributed by atoms with Crippen LogP contribution in [0.4, 0.5) is 0 Å². The van der Waals surface area contributed by atoms with Gasteiger partial charge in [-0.05, 0) is 26.7 Å². The summed E-state index contributed by atoms with van der Waals surface area (Å²) in [5, 5.41) is 0. The first-order valence-corrected chi connectivity index (χ1v) is 4.76. The van der Waals surface area contributed by atoms with Crippen molar-refractivity contribution in [3.05, 3.63) is 0 Å². The predicted octanol–water partition coefficient (Wildman–Crippen LogP) is 0.888. The Labute approximate surface area is 102 Å². The van der Waals surface area contributed by atoms with E-state index in [4.69, 9.17) is 5.73 Å². The fourth-order valence-electron chi connectivity index (χ4n) is 1.13. The molecule has 0 aliphatic rings. The summed E-state index contributed by atoms with van der Waals surface area (Å²) in [6, 6.07) is 0. The highest BCUT2D eigenvalue weighted by Crippen LogP contribution is 2.16. The zero-order chi connectivity index (χ0) is 12.1. The maximum Gasteiger partial charge on any atom is 0.320 e. The Morgan fingerprint density at radius 1 is 1.19 bits per heavy atom. The van der Waals surface area contributed by atoms with Gasteiger partial charge in [0.2, 0.25) is 0 Å². The monoisotopic (exact) mass is 253 g/mol. The number of halogens is 1. The van der Waals surface area contributed by atoms with Crippen LogP contribution >= 0.6 is 12.4 Å². The molecule has 0 spiro atoms. The molecule has 0 radical (unpaired) electrons. The largest absolute Gasteiger partial charge is 0.468 e. The Morgan fingerprint density at radius 3 is 1.81 bits per heavy atom. The van der Waals surface area contributed by atoms with Crippen molar-refractivity contribution in [1.29, 1.82) is 0 Å². The van der Waals surface area contributed by atoms with Crippen LogP contribution in [0.2, 0.25) is 0 Å². The molecule has 6 heteroatoms. The van der Waals surface area contributed by atoms with Gasteiger partial charge in [-0.1, -0.05) is 0 Å². The summed E-state index contributed by atoms with van der Waals surface area (Å²) in [6.45, 7) is 3.66. The average molecular weight is 254 g/mol. The molecule has 0 saturated carbocycles. The van der Waals surface area contributed by atoms with Crippen molar-refractivity contribution in [2.24, 2.45) is 11.7 Å². The molecule has 0 amide bonds. The summed E-state index contributed by atoms with van der Waals surface area (Å²) in [5.74, 6) is -2.03. The van der Waals surface area contributed by atoms with Crippen LogP contribution in [-0.2, 0) is 19.1 Å². The van der Waals surface area contributed by atoms with Gasteiger partial charge in [0.1, 0.15) is 0 Å². The first kappa shape index (κ1) is 17.6. The molecule has 0 fully saturated rings. The van der Waals surface area contributed by atoms with Gasteiger partial charge < -0.3 is 15.2 Å². The zero-order valence-electron chi connectivity index (χ0n) is 10.1. The van der Waals surface area contributed by atoms with E-state index in [1.807, 2.05) is 13.8 Å². The van der Waals surface area contributed by atoms with Crippen molar-refractivity contribution in [3.63, 3.8) is 0 Å². The van der Waals surface area contributed by atoms with Gasteiger partial charge in [-0.25, -0.2) is 0 Å². The van der Waals surface area contributed by atoms with Gasteiger partial charge in [-0.3, -0.25) is 9.59 Å². The van der Waals surface area contributed by atoms with Crippen LogP contribution in [0.5, 0.6) is 0 Å². The van der Waals surface area contributed by atoms with E-state index in [1.165, 1.54) is 14.2 Å². The fraction of sp³-hybridized carbons (Fsp3) is 0.800. The van der Waals surface area contributed by atoms with Gasteiger partial charge >= 0.3 is 11.9 Å². The molecular weight excluding hydrogens is 234 g/mol. The number of rotatable bonds is 5. The highest BCUT2D eigenvalue weighted by molar-refractivity contribution is 5.94. The minimum Gasteiger partial charge on any atom is -0.468 e. The molecule has 0 aliphatic heterocycles. The van der Waals surface area contributed by atoms with Gasteiger partial charge in [0, 0.05) is 5.54 Å². The number of nitrogens with two attached hydrogens (primary N) is 1. The number of hydrogen-bond donors (Lipinski definition) is 1. The lowest BCUT2D eigenvalue weighted by Crippen LogP contribution is -2.35. The first-order valence-electron chi connectivity index (χ1n) is 4.76. The molecule has 0 aromatic rings. The lowest BCUT2D eigenvalue weighted by molar-refractivity contribution is -0.159. The lowest BCUT2D eigenvalue weighted by atomic mass is 9.93. The van der Waals surface area contributed by atoms with E-state index >= 15 is 0 Å². The first-order chi connectivity index (χ1) is 6.81. The van der Waals surface area contributed by atoms with Crippen LogP contribution in [-0.4, -0.2) is 31.7 Å². The van der Waals surface area contributed by atoms with Crippen LogP contribution in [0, 0.1) is 5.92 Å². The van der Waals surface area contributed by atoms with Crippen molar-refractivity contribution in [2.45, 2.75) is 32.2 Å². The third-order valence-corrected chi connectivity index (χ3v) is 2.05. The van der Waals surface area contributed by atoms with E-state index in [0.29, 0.717) is 12.8 Å². The van der Waals surface area contributed by atoms with Gasteiger partial charge in [0.05, 0.1) is 14.2 Å². The van der Waals surface area contributed by atoms with E-state index in [1.54, 1.807) is 0 Å². The smallest absolute Gasteiger partial charge is 0.320 e. The lowest BCUT2D eigenvalue weighted by Gasteiger charge is -2.20. The zero-order valence-corrected chi connectivity index (χ0v) is 10.9. The number of esters is 2. The molecule has 5 nitrogen and oxygen atoms in total. The van der Waals surface area contributed by atoms with Crippen molar-refractivity contribution >= 4 is 24.3 Å². The Balaban J connectivity index is 0. The van der Waals surface area contributed by atoms with E-state index < -0.39 is 23.4 Å². The van der Waals surface area contributed by atoms with E-state index in [2.05, 4.69) is 9.47 Å². The molecule has 16 heavy (non-hydrogen) atoms. The summed E-state index contributed by atoms with van der Waals surface area (Å²) in [5.41, 5.74) is 5.35. The third kappa shape index (κ3) is 6.63. The molecule has 0 rings (SSSR count). The Hall–Kier alpha value is -0.810. The maximum atomic E-state index is 11.3. The van der Waals surface area contributed by atoms with Crippen LogP contribution in [0.1, 0.15) is 26.7 Å². The normalized spacial score (nSPS) is 10.6. The van der Waals surface area contributed by atoms with Gasteiger partial charge in [0.25, 0.3) is 0 Å². The van der Waals surface area contributed by atoms with E-state index in [0.717, 1.165) is 0 Å². The summed E-state index contributed by atoms with van der Waals surface area (Å²) in [4.78, 5) is 22.5. The van der Waals surface area contributed by atoms with Crippen LogP contribution in [0.3, 0.4) is 0 Å². The molecule has 0 aliphatic carbocycles. The summed E-state index contributed by atoms with van der Waals surface area (Å²) in [6.07, 6.45) is 0.880. The Bertz CT molecular complexity index is 221. The number of carbonyl (C=O) groups is 2. The number of hydrogen-bond acceptors (Lipinski definition) is 5. The Morgan fingerprint density at radius 2 is 1.56 bits per heavy atom. The highest BCUT2D eigenvalue weighted by Gasteiger charge is 2.29. The van der Waals surface area contributed by atoms with Crippen molar-refractivity contribution in [3.8, 4) is 0 Å². The minimum absolute atomic E-state index is 0. The SMILES string of the molecule is COC(=O)C(CCC(C)(C)N)C(=O)OC.Cl. The van der Waals surface area contributed by atoms with Crippen molar-refractivity contribution in [1.82, 2.24) is 0 Å². The summed E-state index contributed by atoms with van der Waals surface area (Å²) < 4.78 is 9.04. The third-order valence-electron chi connectivity index (χ3n) is 2.05. The van der Waals surface area contributed by atoms with Crippen LogP contribution in [0.15, 0.2) is 0 Å². The standard InChI is InChI=1S/C10H19NO4.ClH/c1-10(2,11)6-5-7(8(12)14-3)9(13)15-4;/h7H,5-6,11H2,1-4H3;1H. The molecule has 2 N–H and O–H groups in total. The quantitative estimate of drug-likeness (QED) is 0.581. The van der Waals surface area contributed by atoms with Gasteiger partial charge in [0.15, 0.2) is 5.92 Å². The van der Waals surface area contributed by atoms with Crippen LogP contribution < -0.4 is 5.73 Å². The molecule has 0 atom stereocenters. The molecule has 0 saturated heterocycles. The molecule has 0 unspecified atom stereocenters. The minimum atomic E-state index is -0.872. The van der Waals surface area contributed by atoms with E-state index in [9.17, 15) is 9.59 Å².